The first-order chi connectivity index (χ1) is 50.5. The first-order valence-electron chi connectivity index (χ1n) is 34.5. The molecule has 0 saturated carbocycles. The van der Waals surface area contributed by atoms with Gasteiger partial charge in [-0.15, -0.1) is 0 Å². The maximum absolute atomic E-state index is 5.43. The van der Waals surface area contributed by atoms with Crippen molar-refractivity contribution in [3.63, 3.8) is 0 Å². The summed E-state index contributed by atoms with van der Waals surface area (Å²) in [5, 5.41) is 14.8. The molecule has 474 valence electrons. The maximum atomic E-state index is 5.43. The number of rotatable bonds is 12. The molecule has 0 unspecified atom stereocenters. The van der Waals surface area contributed by atoms with E-state index in [0.717, 1.165) is 100 Å². The van der Waals surface area contributed by atoms with Gasteiger partial charge in [0.05, 0.1) is 0 Å². The van der Waals surface area contributed by atoms with Crippen LogP contribution in [0.5, 0.6) is 0 Å². The Labute approximate surface area is 590 Å². The molecule has 19 rings (SSSR count). The Bertz CT molecular complexity index is 6400. The largest absolute Gasteiger partial charge is 0.208 e. The molecule has 0 aliphatic carbocycles. The molecule has 0 spiro atoms. The molecule has 19 aromatic rings. The molecule has 102 heavy (non-hydrogen) atoms. The minimum atomic E-state index is 0.565. The number of hydrogen-bond donors (Lipinski definition) is 0. The van der Waals surface area contributed by atoms with E-state index in [1.807, 2.05) is 30.3 Å². The summed E-state index contributed by atoms with van der Waals surface area (Å²) in [4.78, 5) is 31.7. The fourth-order valence-electron chi connectivity index (χ4n) is 14.8. The Kier molecular flexibility index (Phi) is 14.8. The topological polar surface area (TPSA) is 77.3 Å². The molecule has 0 radical (unpaired) electrons. The molecule has 0 bridgehead atoms. The number of hydrogen-bond acceptors (Lipinski definition) is 6. The van der Waals surface area contributed by atoms with Crippen molar-refractivity contribution in [1.82, 2.24) is 29.9 Å². The van der Waals surface area contributed by atoms with E-state index in [1.54, 1.807) is 0 Å². The molecule has 17 aromatic carbocycles. The van der Waals surface area contributed by atoms with Crippen LogP contribution in [0.2, 0.25) is 0 Å². The van der Waals surface area contributed by atoms with Crippen molar-refractivity contribution in [3.05, 3.63) is 364 Å². The molecule has 2 heterocycles. The van der Waals surface area contributed by atoms with Gasteiger partial charge in [0.2, 0.25) is 0 Å². The Hall–Kier alpha value is -13.7. The highest BCUT2D eigenvalue weighted by atomic mass is 15.0. The van der Waals surface area contributed by atoms with E-state index in [9.17, 15) is 0 Å². The van der Waals surface area contributed by atoms with Gasteiger partial charge in [0.1, 0.15) is 0 Å². The molecule has 6 heteroatoms. The number of aromatic nitrogens is 6. The standard InChI is InChI=1S/C96H60N6/c1-4-21-61(22-5-1)63-41-45-66(46-42-63)92-97-91(65-25-8-3-9-26-65)98-94(99-92)74-31-19-28-69(54-74)76-56-77(58-78(57-76)72-50-52-88-84-38-13-11-34-80(84)82-36-15-17-40-86(82)90(88)60-72)70-29-20-32-75(55-70)96-101-93(67-47-43-64(44-48-67)62-23-6-2-7-24-62)100-95(102-96)73-30-18-27-68(53-73)71-49-51-87-83-37-12-10-33-79(83)81-35-14-16-39-85(81)89(87)59-71/h1-60H. The summed E-state index contributed by atoms with van der Waals surface area (Å²) in [7, 11) is 0. The third-order valence-electron chi connectivity index (χ3n) is 19.9. The van der Waals surface area contributed by atoms with Crippen LogP contribution >= 0.6 is 0 Å². The van der Waals surface area contributed by atoms with E-state index in [4.69, 9.17) is 29.9 Å². The summed E-state index contributed by atoms with van der Waals surface area (Å²) in [5.41, 5.74) is 18.3. The van der Waals surface area contributed by atoms with E-state index in [-0.39, 0.29) is 0 Å². The summed E-state index contributed by atoms with van der Waals surface area (Å²) in [6.07, 6.45) is 0. The van der Waals surface area contributed by atoms with Crippen LogP contribution in [0.1, 0.15) is 0 Å². The minimum Gasteiger partial charge on any atom is -0.208 e. The van der Waals surface area contributed by atoms with Crippen molar-refractivity contribution in [2.75, 3.05) is 0 Å². The molecule has 6 nitrogen and oxygen atoms in total. The summed E-state index contributed by atoms with van der Waals surface area (Å²) < 4.78 is 0. The second-order valence-electron chi connectivity index (χ2n) is 26.1. The molecule has 0 aliphatic rings. The van der Waals surface area contributed by atoms with Crippen molar-refractivity contribution in [1.29, 1.82) is 0 Å². The van der Waals surface area contributed by atoms with Gasteiger partial charge in [0, 0.05) is 33.4 Å². The van der Waals surface area contributed by atoms with Crippen LogP contribution in [0.4, 0.5) is 0 Å². The lowest BCUT2D eigenvalue weighted by Crippen LogP contribution is -2.00. The van der Waals surface area contributed by atoms with Crippen LogP contribution in [0.3, 0.4) is 0 Å². The van der Waals surface area contributed by atoms with Gasteiger partial charge in [-0.2, -0.15) is 0 Å². The molecular formula is C96H60N6. The van der Waals surface area contributed by atoms with E-state index in [1.165, 1.54) is 64.6 Å². The molecule has 0 amide bonds. The van der Waals surface area contributed by atoms with Crippen LogP contribution < -0.4 is 0 Å². The van der Waals surface area contributed by atoms with Gasteiger partial charge in [-0.05, 0) is 180 Å². The van der Waals surface area contributed by atoms with Crippen molar-refractivity contribution < 1.29 is 0 Å². The molecule has 0 atom stereocenters. The second-order valence-corrected chi connectivity index (χ2v) is 26.1. The Morgan fingerprint density at radius 2 is 0.275 bits per heavy atom. The quantitative estimate of drug-likeness (QED) is 0.113. The fourth-order valence-corrected chi connectivity index (χ4v) is 14.8. The van der Waals surface area contributed by atoms with Crippen LogP contribution in [-0.2, 0) is 0 Å². The normalized spacial score (nSPS) is 11.5. The van der Waals surface area contributed by atoms with Gasteiger partial charge in [-0.25, -0.2) is 29.9 Å². The van der Waals surface area contributed by atoms with Gasteiger partial charge in [0.25, 0.3) is 0 Å². The Balaban J connectivity index is 0.753. The van der Waals surface area contributed by atoms with Crippen LogP contribution in [0, 0.1) is 0 Å². The lowest BCUT2D eigenvalue weighted by atomic mass is 9.89. The summed E-state index contributed by atoms with van der Waals surface area (Å²) in [5.74, 6) is 3.50. The fraction of sp³-hybridized carbons (Fsp3) is 0. The first-order valence-corrected chi connectivity index (χ1v) is 34.5. The predicted octanol–water partition coefficient (Wildman–Crippen LogP) is 25.0. The molecule has 0 aliphatic heterocycles. The zero-order valence-electron chi connectivity index (χ0n) is 55.3. The summed E-state index contributed by atoms with van der Waals surface area (Å²) >= 11 is 0. The van der Waals surface area contributed by atoms with Gasteiger partial charge in [0.15, 0.2) is 34.9 Å². The molecule has 0 N–H and O–H groups in total. The predicted molar refractivity (Wildman–Crippen MR) is 423 cm³/mol. The molecule has 0 saturated heterocycles. The number of benzene rings is 17. The summed E-state index contributed by atoms with van der Waals surface area (Å²) in [6, 6.07) is 130. The van der Waals surface area contributed by atoms with Crippen molar-refractivity contribution in [2.24, 2.45) is 0 Å². The van der Waals surface area contributed by atoms with E-state index in [2.05, 4.69) is 334 Å². The van der Waals surface area contributed by atoms with E-state index >= 15 is 0 Å². The van der Waals surface area contributed by atoms with Gasteiger partial charge >= 0.3 is 0 Å². The highest BCUT2D eigenvalue weighted by Gasteiger charge is 2.20. The van der Waals surface area contributed by atoms with Gasteiger partial charge in [-0.3, -0.25) is 0 Å². The number of nitrogens with zero attached hydrogens (tertiary/aromatic N) is 6. The molecule has 0 fully saturated rings. The second kappa shape index (κ2) is 25.3. The smallest absolute Gasteiger partial charge is 0.164 e. The minimum absolute atomic E-state index is 0.565. The van der Waals surface area contributed by atoms with Crippen LogP contribution in [0.15, 0.2) is 364 Å². The third-order valence-corrected chi connectivity index (χ3v) is 19.9. The van der Waals surface area contributed by atoms with Gasteiger partial charge in [-0.1, -0.05) is 315 Å². The zero-order valence-corrected chi connectivity index (χ0v) is 55.3. The van der Waals surface area contributed by atoms with E-state index < -0.39 is 0 Å². The van der Waals surface area contributed by atoms with E-state index in [0.29, 0.717) is 34.9 Å². The SMILES string of the molecule is c1ccc(-c2ccc(-c3nc(-c4ccccc4)nc(-c4cccc(-c5cc(-c6cccc(-c7nc(-c8ccc(-c9ccccc9)cc8)nc(-c8cccc(-c9ccc%10c%11ccccc%11c%11ccccc%11c%10c9)c8)n7)c6)cc(-c6ccc7c8ccccc8c8ccccc8c7c6)c5)c4)n3)cc2)cc1. The van der Waals surface area contributed by atoms with Crippen molar-refractivity contribution in [2.45, 2.75) is 0 Å². The average Bonchev–Trinajstić information content (AvgIpc) is 0.753. The van der Waals surface area contributed by atoms with Crippen molar-refractivity contribution >= 4 is 64.6 Å². The first kappa shape index (κ1) is 59.6. The highest BCUT2D eigenvalue weighted by molar-refractivity contribution is 6.27. The molecule has 2 aromatic heterocycles. The Morgan fingerprint density at radius 3 is 0.598 bits per heavy atom. The zero-order chi connectivity index (χ0) is 67.5. The third kappa shape index (κ3) is 11.1. The average molecular weight is 1300 g/mol. The van der Waals surface area contributed by atoms with Crippen molar-refractivity contribution in [3.8, 4) is 135 Å². The van der Waals surface area contributed by atoms with Crippen LogP contribution in [-0.4, -0.2) is 29.9 Å². The summed E-state index contributed by atoms with van der Waals surface area (Å²) in [6.45, 7) is 0. The maximum Gasteiger partial charge on any atom is 0.164 e. The monoisotopic (exact) mass is 1300 g/mol. The Morgan fingerprint density at radius 1 is 0.0980 bits per heavy atom. The van der Waals surface area contributed by atoms with Crippen LogP contribution in [0.25, 0.3) is 200 Å². The molecular weight excluding hydrogens is 1240 g/mol. The lowest BCUT2D eigenvalue weighted by Gasteiger charge is -2.15. The number of fused-ring (bicyclic) bond motifs is 12. The lowest BCUT2D eigenvalue weighted by molar-refractivity contribution is 1.07. The highest BCUT2D eigenvalue weighted by Crippen LogP contribution is 2.43. The van der Waals surface area contributed by atoms with Gasteiger partial charge < -0.3 is 0 Å².